The van der Waals surface area contributed by atoms with Crippen LogP contribution in [0, 0.1) is 10.1 Å². The van der Waals surface area contributed by atoms with E-state index in [9.17, 15) is 24.8 Å². The van der Waals surface area contributed by atoms with E-state index in [1.165, 1.54) is 11.0 Å². The van der Waals surface area contributed by atoms with Crippen molar-refractivity contribution in [2.45, 2.75) is 18.9 Å². The molecule has 3 rings (SSSR count). The Bertz CT molecular complexity index is 961. The van der Waals surface area contributed by atoms with Crippen molar-refractivity contribution < 1.29 is 24.4 Å². The van der Waals surface area contributed by atoms with Crippen LogP contribution in [0.25, 0.3) is 0 Å². The third-order valence-electron chi connectivity index (χ3n) is 4.59. The van der Waals surface area contributed by atoms with Crippen LogP contribution in [0.1, 0.15) is 45.2 Å². The second-order valence-electron chi connectivity index (χ2n) is 6.30. The molecule has 1 aliphatic rings. The average molecular weight is 405 g/mol. The summed E-state index contributed by atoms with van der Waals surface area (Å²) in [7, 11) is 1.13. The number of non-ortho nitro benzene ring substituents is 1. The van der Waals surface area contributed by atoms with E-state index in [2.05, 4.69) is 4.74 Å². The van der Waals surface area contributed by atoms with Crippen LogP contribution >= 0.6 is 11.6 Å². The number of halogens is 1. The van der Waals surface area contributed by atoms with Crippen LogP contribution in [0.4, 0.5) is 11.4 Å². The van der Waals surface area contributed by atoms with Gasteiger partial charge in [0.1, 0.15) is 0 Å². The largest absolute Gasteiger partial charge is 0.465 e. The van der Waals surface area contributed by atoms with Gasteiger partial charge in [-0.3, -0.25) is 14.9 Å². The van der Waals surface area contributed by atoms with E-state index in [0.717, 1.165) is 19.2 Å². The second kappa shape index (κ2) is 7.95. The van der Waals surface area contributed by atoms with Crippen LogP contribution in [-0.2, 0) is 4.74 Å². The summed E-state index contributed by atoms with van der Waals surface area (Å²) >= 11 is 6.03. The Labute approximate surface area is 165 Å². The standard InChI is InChI=1S/C19H17ClN2O6/c1-28-19(25)14-10-12(22(26)27)5-6-13(14)18(24)21-8-2-3-17(23)15-9-11(20)4-7-16(15)21/h4-7,9-10,17,23H,2-3,8H2,1H3. The van der Waals surface area contributed by atoms with Crippen molar-refractivity contribution in [2.24, 2.45) is 0 Å². The Hall–Kier alpha value is -2.97. The molecule has 0 radical (unpaired) electrons. The first-order valence-corrected chi connectivity index (χ1v) is 8.87. The smallest absolute Gasteiger partial charge is 0.338 e. The van der Waals surface area contributed by atoms with E-state index < -0.39 is 22.9 Å². The number of aliphatic hydroxyl groups is 1. The normalized spacial score (nSPS) is 16.1. The Balaban J connectivity index is 2.10. The van der Waals surface area contributed by atoms with E-state index in [1.54, 1.807) is 18.2 Å². The van der Waals surface area contributed by atoms with Crippen LogP contribution in [-0.4, -0.2) is 35.6 Å². The lowest BCUT2D eigenvalue weighted by molar-refractivity contribution is -0.384. The number of nitrogens with zero attached hydrogens (tertiary/aromatic N) is 2. The van der Waals surface area contributed by atoms with Crippen LogP contribution in [0.15, 0.2) is 36.4 Å². The Morgan fingerprint density at radius 2 is 2.00 bits per heavy atom. The molecule has 0 aromatic heterocycles. The molecule has 0 spiro atoms. The van der Waals surface area contributed by atoms with Gasteiger partial charge in [-0.15, -0.1) is 0 Å². The van der Waals surface area contributed by atoms with Crippen molar-refractivity contribution in [1.82, 2.24) is 0 Å². The number of benzene rings is 2. The van der Waals surface area contributed by atoms with E-state index in [4.69, 9.17) is 11.6 Å². The first-order chi connectivity index (χ1) is 13.3. The van der Waals surface area contributed by atoms with Gasteiger partial charge in [-0.25, -0.2) is 4.79 Å². The number of esters is 1. The summed E-state index contributed by atoms with van der Waals surface area (Å²) in [6, 6.07) is 8.26. The van der Waals surface area contributed by atoms with E-state index in [0.29, 0.717) is 35.7 Å². The van der Waals surface area contributed by atoms with Gasteiger partial charge >= 0.3 is 5.97 Å². The fourth-order valence-electron chi connectivity index (χ4n) is 3.22. The summed E-state index contributed by atoms with van der Waals surface area (Å²) in [4.78, 5) is 37.2. The summed E-state index contributed by atoms with van der Waals surface area (Å²) in [5.74, 6) is -1.37. The minimum absolute atomic E-state index is 0.0188. The van der Waals surface area contributed by atoms with Gasteiger partial charge in [0, 0.05) is 35.0 Å². The molecule has 1 amide bonds. The van der Waals surface area contributed by atoms with Gasteiger partial charge < -0.3 is 14.7 Å². The molecule has 1 atom stereocenters. The molecule has 0 saturated carbocycles. The zero-order valence-corrected chi connectivity index (χ0v) is 15.7. The average Bonchev–Trinajstić information content (AvgIpc) is 2.85. The molecule has 9 heteroatoms. The van der Waals surface area contributed by atoms with Crippen LogP contribution in [0.5, 0.6) is 0 Å². The molecule has 28 heavy (non-hydrogen) atoms. The monoisotopic (exact) mass is 404 g/mol. The lowest BCUT2D eigenvalue weighted by Crippen LogP contribution is -2.33. The molecule has 0 saturated heterocycles. The first kappa shape index (κ1) is 19.8. The number of hydrogen-bond donors (Lipinski definition) is 1. The van der Waals surface area contributed by atoms with E-state index in [-0.39, 0.29) is 16.8 Å². The van der Waals surface area contributed by atoms with Crippen LogP contribution in [0.2, 0.25) is 5.02 Å². The molecule has 2 aromatic rings. The number of nitro benzene ring substituents is 1. The predicted molar refractivity (Wildman–Crippen MR) is 102 cm³/mol. The van der Waals surface area contributed by atoms with Gasteiger partial charge in [0.2, 0.25) is 0 Å². The maximum Gasteiger partial charge on any atom is 0.338 e. The number of carbonyl (C=O) groups excluding carboxylic acids is 2. The van der Waals surface area contributed by atoms with Gasteiger partial charge in [0.05, 0.1) is 29.3 Å². The molecular formula is C19H17ClN2O6. The highest BCUT2D eigenvalue weighted by Crippen LogP contribution is 2.36. The van der Waals surface area contributed by atoms with Crippen molar-refractivity contribution in [3.05, 3.63) is 68.2 Å². The molecule has 0 aliphatic carbocycles. The number of carbonyl (C=O) groups is 2. The van der Waals surface area contributed by atoms with Crippen molar-refractivity contribution >= 4 is 34.9 Å². The van der Waals surface area contributed by atoms with Crippen LogP contribution in [0.3, 0.4) is 0 Å². The molecule has 0 bridgehead atoms. The number of nitro groups is 1. The van der Waals surface area contributed by atoms with Gasteiger partial charge in [0.25, 0.3) is 11.6 Å². The molecule has 1 N–H and O–H groups in total. The highest BCUT2D eigenvalue weighted by molar-refractivity contribution is 6.30. The molecule has 1 heterocycles. The molecule has 1 unspecified atom stereocenters. The highest BCUT2D eigenvalue weighted by Gasteiger charge is 2.30. The van der Waals surface area contributed by atoms with Crippen molar-refractivity contribution in [1.29, 1.82) is 0 Å². The van der Waals surface area contributed by atoms with E-state index in [1.807, 2.05) is 0 Å². The number of aliphatic hydroxyl groups excluding tert-OH is 1. The SMILES string of the molecule is COC(=O)c1cc([N+](=O)[O-])ccc1C(=O)N1CCCC(O)c2cc(Cl)ccc21. The quantitative estimate of drug-likeness (QED) is 0.476. The van der Waals surface area contributed by atoms with Gasteiger partial charge in [-0.2, -0.15) is 0 Å². The van der Waals surface area contributed by atoms with Gasteiger partial charge in [-0.1, -0.05) is 11.6 Å². The number of methoxy groups -OCH3 is 1. The molecule has 0 fully saturated rings. The fourth-order valence-corrected chi connectivity index (χ4v) is 3.40. The second-order valence-corrected chi connectivity index (χ2v) is 6.73. The van der Waals surface area contributed by atoms with Gasteiger partial charge in [0.15, 0.2) is 0 Å². The zero-order valence-electron chi connectivity index (χ0n) is 14.9. The van der Waals surface area contributed by atoms with Crippen molar-refractivity contribution in [3.63, 3.8) is 0 Å². The third kappa shape index (κ3) is 3.69. The number of hydrogen-bond acceptors (Lipinski definition) is 6. The molecule has 1 aliphatic heterocycles. The summed E-state index contributed by atoms with van der Waals surface area (Å²) in [5.41, 5.74) is 0.459. The summed E-state index contributed by atoms with van der Waals surface area (Å²) < 4.78 is 4.69. The lowest BCUT2D eigenvalue weighted by Gasteiger charge is -2.24. The summed E-state index contributed by atoms with van der Waals surface area (Å²) in [5, 5.41) is 21.8. The van der Waals surface area contributed by atoms with E-state index >= 15 is 0 Å². The number of fused-ring (bicyclic) bond motifs is 1. The summed E-state index contributed by atoms with van der Waals surface area (Å²) in [6.07, 6.45) is 0.199. The van der Waals surface area contributed by atoms with Crippen LogP contribution < -0.4 is 4.90 Å². The van der Waals surface area contributed by atoms with Gasteiger partial charge in [-0.05, 0) is 37.1 Å². The minimum atomic E-state index is -0.849. The Morgan fingerprint density at radius 3 is 2.68 bits per heavy atom. The van der Waals surface area contributed by atoms with Crippen molar-refractivity contribution in [3.8, 4) is 0 Å². The predicted octanol–water partition coefficient (Wildman–Crippen LogP) is 3.51. The fraction of sp³-hybridized carbons (Fsp3) is 0.263. The van der Waals surface area contributed by atoms with Crippen molar-refractivity contribution in [2.75, 3.05) is 18.6 Å². The lowest BCUT2D eigenvalue weighted by atomic mass is 10.0. The first-order valence-electron chi connectivity index (χ1n) is 8.49. The number of amides is 1. The Kier molecular flexibility index (Phi) is 5.62. The number of anilines is 1. The highest BCUT2D eigenvalue weighted by atomic mass is 35.5. The molecule has 146 valence electrons. The molecular weight excluding hydrogens is 388 g/mol. The minimum Gasteiger partial charge on any atom is -0.465 e. The number of ether oxygens (including phenoxy) is 1. The maximum absolute atomic E-state index is 13.3. The Morgan fingerprint density at radius 1 is 1.25 bits per heavy atom. The zero-order chi connectivity index (χ0) is 20.4. The molecule has 8 nitrogen and oxygen atoms in total. The topological polar surface area (TPSA) is 110 Å². The maximum atomic E-state index is 13.3. The number of rotatable bonds is 3. The summed E-state index contributed by atoms with van der Waals surface area (Å²) in [6.45, 7) is 0.308. The molecule has 2 aromatic carbocycles. The third-order valence-corrected chi connectivity index (χ3v) is 4.83.